The Balaban J connectivity index is 1.93. The first kappa shape index (κ1) is 11.6. The van der Waals surface area contributed by atoms with Gasteiger partial charge in [0.2, 0.25) is 0 Å². The Kier molecular flexibility index (Phi) is 3.22. The number of ether oxygens (including phenoxy) is 1. The van der Waals surface area contributed by atoms with Gasteiger partial charge in [0.15, 0.2) is 0 Å². The lowest BCUT2D eigenvalue weighted by atomic mass is 9.80. The monoisotopic (exact) mass is 244 g/mol. The van der Waals surface area contributed by atoms with Crippen LogP contribution in [0.3, 0.4) is 0 Å². The fourth-order valence-electron chi connectivity index (χ4n) is 3.04. The van der Waals surface area contributed by atoms with Crippen LogP contribution < -0.4 is 5.32 Å². The van der Waals surface area contributed by atoms with Crippen molar-refractivity contribution in [1.82, 2.24) is 0 Å². The van der Waals surface area contributed by atoms with Crippen molar-refractivity contribution in [3.8, 4) is 0 Å². The molecule has 0 amide bonds. The van der Waals surface area contributed by atoms with E-state index in [2.05, 4.69) is 35.4 Å². The molecule has 1 unspecified atom stereocenters. The highest BCUT2D eigenvalue weighted by molar-refractivity contribution is 5.91. The molecule has 2 aliphatic rings. The molecular formula is C15H20N2O. The summed E-state index contributed by atoms with van der Waals surface area (Å²) in [6, 6.07) is 7.23. The molecule has 3 heteroatoms. The van der Waals surface area contributed by atoms with Gasteiger partial charge in [-0.15, -0.1) is 0 Å². The van der Waals surface area contributed by atoms with E-state index in [1.807, 2.05) is 0 Å². The van der Waals surface area contributed by atoms with Crippen molar-refractivity contribution in [3.63, 3.8) is 0 Å². The van der Waals surface area contributed by atoms with Crippen LogP contribution in [0.5, 0.6) is 0 Å². The zero-order chi connectivity index (χ0) is 12.4. The van der Waals surface area contributed by atoms with E-state index in [-0.39, 0.29) is 0 Å². The average Bonchev–Trinajstić information content (AvgIpc) is 2.91. The van der Waals surface area contributed by atoms with E-state index in [9.17, 15) is 0 Å². The van der Waals surface area contributed by atoms with Crippen molar-refractivity contribution in [2.45, 2.75) is 38.5 Å². The van der Waals surface area contributed by atoms with Crippen LogP contribution >= 0.6 is 0 Å². The Hall–Kier alpha value is -1.51. The van der Waals surface area contributed by atoms with E-state index < -0.39 is 0 Å². The highest BCUT2D eigenvalue weighted by Crippen LogP contribution is 2.38. The van der Waals surface area contributed by atoms with Gasteiger partial charge in [0, 0.05) is 5.69 Å². The molecule has 1 aromatic rings. The number of nitrogens with zero attached hydrogens (tertiary/aromatic N) is 1. The van der Waals surface area contributed by atoms with Crippen LogP contribution in [0.1, 0.15) is 43.2 Å². The summed E-state index contributed by atoms with van der Waals surface area (Å²) in [7, 11) is 0. The Bertz CT molecular complexity index is 468. The molecular weight excluding hydrogens is 224 g/mol. The maximum Gasteiger partial charge on any atom is 0.289 e. The van der Waals surface area contributed by atoms with Crippen molar-refractivity contribution in [1.29, 1.82) is 0 Å². The van der Waals surface area contributed by atoms with Gasteiger partial charge in [0.1, 0.15) is 6.61 Å². The van der Waals surface area contributed by atoms with E-state index in [4.69, 9.17) is 4.74 Å². The maximum absolute atomic E-state index is 5.46. The fourth-order valence-corrected chi connectivity index (χ4v) is 3.04. The number of hydrogen-bond acceptors (Lipinski definition) is 3. The third-order valence-electron chi connectivity index (χ3n) is 3.92. The second-order valence-corrected chi connectivity index (χ2v) is 5.04. The fraction of sp³-hybridized carbons (Fsp3) is 0.533. The quantitative estimate of drug-likeness (QED) is 0.866. The Morgan fingerprint density at radius 2 is 2.39 bits per heavy atom. The summed E-state index contributed by atoms with van der Waals surface area (Å²) < 4.78 is 5.46. The van der Waals surface area contributed by atoms with Gasteiger partial charge in [0.05, 0.1) is 6.54 Å². The van der Waals surface area contributed by atoms with Gasteiger partial charge in [-0.1, -0.05) is 19.1 Å². The number of anilines is 1. The predicted molar refractivity (Wildman–Crippen MR) is 74.3 cm³/mol. The summed E-state index contributed by atoms with van der Waals surface area (Å²) in [5, 5.41) is 3.36. The van der Waals surface area contributed by atoms with Crippen LogP contribution in [-0.2, 0) is 11.2 Å². The van der Waals surface area contributed by atoms with E-state index in [1.165, 1.54) is 42.5 Å². The van der Waals surface area contributed by atoms with E-state index in [1.54, 1.807) is 0 Å². The minimum absolute atomic E-state index is 0.680. The number of aryl methyl sites for hydroxylation is 1. The number of rotatable bonds is 2. The molecule has 0 bridgehead atoms. The molecule has 18 heavy (non-hydrogen) atoms. The van der Waals surface area contributed by atoms with Crippen molar-refractivity contribution in [2.75, 3.05) is 18.5 Å². The normalized spacial score (nSPS) is 22.1. The average molecular weight is 244 g/mol. The third kappa shape index (κ3) is 2.09. The highest BCUT2D eigenvalue weighted by atomic mass is 16.5. The molecule has 0 aromatic heterocycles. The van der Waals surface area contributed by atoms with Gasteiger partial charge < -0.3 is 10.1 Å². The molecule has 3 nitrogen and oxygen atoms in total. The number of aliphatic imine (C=N–C) groups is 1. The lowest BCUT2D eigenvalue weighted by Crippen LogP contribution is -2.17. The van der Waals surface area contributed by atoms with E-state index in [0.29, 0.717) is 18.5 Å². The second kappa shape index (κ2) is 5.01. The Morgan fingerprint density at radius 1 is 1.44 bits per heavy atom. The predicted octanol–water partition coefficient (Wildman–Crippen LogP) is 3.31. The van der Waals surface area contributed by atoms with Crippen LogP contribution in [0.2, 0.25) is 0 Å². The number of benzene rings is 1. The van der Waals surface area contributed by atoms with Crippen molar-refractivity contribution < 1.29 is 4.74 Å². The molecule has 0 radical (unpaired) electrons. The number of hydrogen-bond donors (Lipinski definition) is 1. The van der Waals surface area contributed by atoms with Gasteiger partial charge in [-0.25, -0.2) is 4.99 Å². The van der Waals surface area contributed by atoms with Crippen LogP contribution in [0.15, 0.2) is 23.2 Å². The van der Waals surface area contributed by atoms with E-state index in [0.717, 1.165) is 6.54 Å². The van der Waals surface area contributed by atoms with Crippen LogP contribution in [0, 0.1) is 0 Å². The van der Waals surface area contributed by atoms with Crippen molar-refractivity contribution in [2.24, 2.45) is 4.99 Å². The first-order valence-electron chi connectivity index (χ1n) is 6.94. The van der Waals surface area contributed by atoms with Gasteiger partial charge in [-0.3, -0.25) is 0 Å². The zero-order valence-electron chi connectivity index (χ0n) is 10.9. The lowest BCUT2D eigenvalue weighted by Gasteiger charge is -2.27. The molecule has 1 aliphatic heterocycles. The standard InChI is InChI=1S/C15H20N2O/c1-2-11-5-3-6-12-7-4-8-13(14(11)12)17-15-16-9-10-18-15/h4,7-8,11H,2-3,5-6,9-10H2,1H3,(H,16,17). The second-order valence-electron chi connectivity index (χ2n) is 5.04. The molecule has 96 valence electrons. The molecule has 1 heterocycles. The largest absolute Gasteiger partial charge is 0.463 e. The first-order chi connectivity index (χ1) is 8.88. The Labute approximate surface area is 108 Å². The molecule has 0 fully saturated rings. The van der Waals surface area contributed by atoms with Gasteiger partial charge in [-0.05, 0) is 48.8 Å². The minimum Gasteiger partial charge on any atom is -0.463 e. The topological polar surface area (TPSA) is 33.6 Å². The summed E-state index contributed by atoms with van der Waals surface area (Å²) in [6.45, 7) is 3.75. The lowest BCUT2D eigenvalue weighted by molar-refractivity contribution is 0.346. The number of fused-ring (bicyclic) bond motifs is 1. The molecule has 0 spiro atoms. The van der Waals surface area contributed by atoms with Gasteiger partial charge in [-0.2, -0.15) is 0 Å². The third-order valence-corrected chi connectivity index (χ3v) is 3.92. The Morgan fingerprint density at radius 3 is 3.17 bits per heavy atom. The SMILES string of the molecule is CCC1CCCc2cccc(NC3=NCCO3)c21. The molecule has 1 aromatic carbocycles. The van der Waals surface area contributed by atoms with Crippen LogP contribution in [0.4, 0.5) is 5.69 Å². The number of nitrogens with one attached hydrogen (secondary N) is 1. The summed E-state index contributed by atoms with van der Waals surface area (Å²) in [4.78, 5) is 4.31. The van der Waals surface area contributed by atoms with Crippen LogP contribution in [0.25, 0.3) is 0 Å². The zero-order valence-corrected chi connectivity index (χ0v) is 10.9. The summed E-state index contributed by atoms with van der Waals surface area (Å²) in [5.41, 5.74) is 4.18. The first-order valence-corrected chi connectivity index (χ1v) is 6.94. The van der Waals surface area contributed by atoms with Crippen molar-refractivity contribution in [3.05, 3.63) is 29.3 Å². The molecule has 0 saturated heterocycles. The molecule has 1 N–H and O–H groups in total. The molecule has 1 atom stereocenters. The molecule has 0 saturated carbocycles. The smallest absolute Gasteiger partial charge is 0.289 e. The summed E-state index contributed by atoms with van der Waals surface area (Å²) in [6.07, 6.45) is 5.02. The summed E-state index contributed by atoms with van der Waals surface area (Å²) in [5.74, 6) is 0.680. The minimum atomic E-state index is 0.680. The van der Waals surface area contributed by atoms with Gasteiger partial charge in [0.25, 0.3) is 6.02 Å². The van der Waals surface area contributed by atoms with E-state index >= 15 is 0 Å². The highest BCUT2D eigenvalue weighted by Gasteiger charge is 2.22. The molecule has 3 rings (SSSR count). The van der Waals surface area contributed by atoms with Gasteiger partial charge >= 0.3 is 0 Å². The number of amidine groups is 1. The van der Waals surface area contributed by atoms with Crippen molar-refractivity contribution >= 4 is 11.7 Å². The van der Waals surface area contributed by atoms with Crippen LogP contribution in [-0.4, -0.2) is 19.2 Å². The summed E-state index contributed by atoms with van der Waals surface area (Å²) >= 11 is 0. The maximum atomic E-state index is 5.46. The molecule has 1 aliphatic carbocycles.